The SMILES string of the molecule is CCC(C)CCN(C)C(=O)C1=CCCC=C1. The van der Waals surface area contributed by atoms with Gasteiger partial charge in [0.15, 0.2) is 0 Å². The summed E-state index contributed by atoms with van der Waals surface area (Å²) in [5, 5.41) is 0. The summed E-state index contributed by atoms with van der Waals surface area (Å²) in [4.78, 5) is 13.8. The molecule has 0 bridgehead atoms. The lowest BCUT2D eigenvalue weighted by Crippen LogP contribution is -2.29. The van der Waals surface area contributed by atoms with Crippen LogP contribution in [0.5, 0.6) is 0 Å². The molecule has 0 saturated carbocycles. The Kier molecular flexibility index (Phi) is 5.30. The molecule has 0 heterocycles. The topological polar surface area (TPSA) is 20.3 Å². The molecule has 90 valence electrons. The van der Waals surface area contributed by atoms with E-state index in [-0.39, 0.29) is 5.91 Å². The van der Waals surface area contributed by atoms with Crippen molar-refractivity contribution in [2.45, 2.75) is 39.5 Å². The summed E-state index contributed by atoms with van der Waals surface area (Å²) in [7, 11) is 1.90. The minimum absolute atomic E-state index is 0.166. The fraction of sp³-hybridized carbons (Fsp3) is 0.643. The van der Waals surface area contributed by atoms with E-state index < -0.39 is 0 Å². The molecule has 1 aliphatic rings. The highest BCUT2D eigenvalue weighted by atomic mass is 16.2. The summed E-state index contributed by atoms with van der Waals surface area (Å²) in [5.41, 5.74) is 0.859. The molecule has 2 heteroatoms. The zero-order valence-electron chi connectivity index (χ0n) is 10.7. The van der Waals surface area contributed by atoms with Crippen LogP contribution in [-0.4, -0.2) is 24.4 Å². The zero-order chi connectivity index (χ0) is 12.0. The van der Waals surface area contributed by atoms with Gasteiger partial charge in [-0.1, -0.05) is 38.5 Å². The van der Waals surface area contributed by atoms with E-state index in [1.807, 2.05) is 24.1 Å². The lowest BCUT2D eigenvalue weighted by atomic mass is 10.0. The van der Waals surface area contributed by atoms with Gasteiger partial charge >= 0.3 is 0 Å². The van der Waals surface area contributed by atoms with Crippen molar-refractivity contribution < 1.29 is 4.79 Å². The summed E-state index contributed by atoms with van der Waals surface area (Å²) in [6, 6.07) is 0. The van der Waals surface area contributed by atoms with Crippen molar-refractivity contribution in [3.63, 3.8) is 0 Å². The second-order valence-electron chi connectivity index (χ2n) is 4.67. The maximum absolute atomic E-state index is 12.0. The van der Waals surface area contributed by atoms with Crippen LogP contribution in [0.2, 0.25) is 0 Å². The predicted octanol–water partition coefficient (Wildman–Crippen LogP) is 3.16. The molecule has 0 spiro atoms. The van der Waals surface area contributed by atoms with Crippen molar-refractivity contribution in [3.8, 4) is 0 Å². The number of carbonyl (C=O) groups excluding carboxylic acids is 1. The summed E-state index contributed by atoms with van der Waals surface area (Å²) in [6.07, 6.45) is 10.4. The smallest absolute Gasteiger partial charge is 0.253 e. The lowest BCUT2D eigenvalue weighted by Gasteiger charge is -2.20. The van der Waals surface area contributed by atoms with E-state index in [2.05, 4.69) is 19.9 Å². The highest BCUT2D eigenvalue weighted by Gasteiger charge is 2.13. The van der Waals surface area contributed by atoms with Crippen molar-refractivity contribution in [3.05, 3.63) is 23.8 Å². The molecule has 1 aliphatic carbocycles. The van der Waals surface area contributed by atoms with Crippen molar-refractivity contribution in [2.75, 3.05) is 13.6 Å². The molecule has 0 saturated heterocycles. The Morgan fingerprint density at radius 1 is 1.50 bits per heavy atom. The predicted molar refractivity (Wildman–Crippen MR) is 68.2 cm³/mol. The highest BCUT2D eigenvalue weighted by Crippen LogP contribution is 2.13. The zero-order valence-corrected chi connectivity index (χ0v) is 10.7. The van der Waals surface area contributed by atoms with Crippen LogP contribution in [0.25, 0.3) is 0 Å². The van der Waals surface area contributed by atoms with Crippen LogP contribution in [0, 0.1) is 5.92 Å². The first kappa shape index (κ1) is 13.0. The van der Waals surface area contributed by atoms with Crippen molar-refractivity contribution in [1.29, 1.82) is 0 Å². The number of amides is 1. The van der Waals surface area contributed by atoms with Gasteiger partial charge < -0.3 is 4.90 Å². The Labute approximate surface area is 99.0 Å². The number of likely N-dealkylation sites (N-methyl/N-ethyl adjacent to an activating group) is 1. The fourth-order valence-corrected chi connectivity index (χ4v) is 1.71. The number of hydrogen-bond acceptors (Lipinski definition) is 1. The van der Waals surface area contributed by atoms with E-state index in [1.165, 1.54) is 6.42 Å². The summed E-state index contributed by atoms with van der Waals surface area (Å²) in [5.74, 6) is 0.866. The third kappa shape index (κ3) is 3.84. The Bertz CT molecular complexity index is 291. The van der Waals surface area contributed by atoms with Crippen molar-refractivity contribution >= 4 is 5.91 Å². The second kappa shape index (κ2) is 6.51. The minimum atomic E-state index is 0.166. The van der Waals surface area contributed by atoms with Crippen LogP contribution in [0.4, 0.5) is 0 Å². The molecule has 0 N–H and O–H groups in total. The van der Waals surface area contributed by atoms with E-state index in [9.17, 15) is 4.79 Å². The molecule has 0 radical (unpaired) electrons. The second-order valence-corrected chi connectivity index (χ2v) is 4.67. The van der Waals surface area contributed by atoms with Gasteiger partial charge in [0.25, 0.3) is 5.91 Å². The Balaban J connectivity index is 2.41. The van der Waals surface area contributed by atoms with E-state index >= 15 is 0 Å². The van der Waals surface area contributed by atoms with Gasteiger partial charge in [0.2, 0.25) is 0 Å². The van der Waals surface area contributed by atoms with Gasteiger partial charge in [-0.2, -0.15) is 0 Å². The number of nitrogens with zero attached hydrogens (tertiary/aromatic N) is 1. The van der Waals surface area contributed by atoms with Crippen LogP contribution in [0.3, 0.4) is 0 Å². The van der Waals surface area contributed by atoms with Gasteiger partial charge in [0.1, 0.15) is 0 Å². The average Bonchev–Trinajstić information content (AvgIpc) is 2.35. The highest BCUT2D eigenvalue weighted by molar-refractivity contribution is 5.96. The van der Waals surface area contributed by atoms with Gasteiger partial charge in [-0.05, 0) is 25.2 Å². The van der Waals surface area contributed by atoms with E-state index in [0.717, 1.165) is 31.4 Å². The largest absolute Gasteiger partial charge is 0.342 e. The molecular formula is C14H23NO. The summed E-state index contributed by atoms with van der Waals surface area (Å²) >= 11 is 0. The Morgan fingerprint density at radius 3 is 2.81 bits per heavy atom. The standard InChI is InChI=1S/C14H23NO/c1-4-12(2)10-11-15(3)14(16)13-8-6-5-7-9-13/h6,8-9,12H,4-5,7,10-11H2,1-3H3. The molecule has 0 aliphatic heterocycles. The van der Waals surface area contributed by atoms with Crippen molar-refractivity contribution in [2.24, 2.45) is 5.92 Å². The molecule has 1 rings (SSSR count). The monoisotopic (exact) mass is 221 g/mol. The molecule has 0 fully saturated rings. The molecular weight excluding hydrogens is 198 g/mol. The van der Waals surface area contributed by atoms with Gasteiger partial charge in [0, 0.05) is 19.2 Å². The summed E-state index contributed by atoms with van der Waals surface area (Å²) in [6.45, 7) is 5.29. The Morgan fingerprint density at radius 2 is 2.25 bits per heavy atom. The maximum atomic E-state index is 12.0. The van der Waals surface area contributed by atoms with E-state index in [0.29, 0.717) is 5.92 Å². The van der Waals surface area contributed by atoms with E-state index in [4.69, 9.17) is 0 Å². The van der Waals surface area contributed by atoms with Gasteiger partial charge in [-0.15, -0.1) is 0 Å². The number of allylic oxidation sites excluding steroid dienone is 2. The maximum Gasteiger partial charge on any atom is 0.253 e. The quantitative estimate of drug-likeness (QED) is 0.698. The molecule has 1 unspecified atom stereocenters. The molecule has 0 aromatic carbocycles. The third-order valence-corrected chi connectivity index (χ3v) is 3.24. The van der Waals surface area contributed by atoms with Gasteiger partial charge in [0.05, 0.1) is 0 Å². The molecule has 16 heavy (non-hydrogen) atoms. The molecule has 1 atom stereocenters. The van der Waals surface area contributed by atoms with Crippen LogP contribution < -0.4 is 0 Å². The fourth-order valence-electron chi connectivity index (χ4n) is 1.71. The Hall–Kier alpha value is -1.05. The number of rotatable bonds is 5. The van der Waals surface area contributed by atoms with Crippen LogP contribution in [-0.2, 0) is 4.79 Å². The van der Waals surface area contributed by atoms with Crippen LogP contribution in [0.1, 0.15) is 39.5 Å². The number of hydrogen-bond donors (Lipinski definition) is 0. The van der Waals surface area contributed by atoms with Crippen LogP contribution >= 0.6 is 0 Å². The molecule has 0 aromatic rings. The summed E-state index contributed by atoms with van der Waals surface area (Å²) < 4.78 is 0. The first-order chi connectivity index (χ1) is 7.65. The van der Waals surface area contributed by atoms with Gasteiger partial charge in [-0.3, -0.25) is 4.79 Å². The van der Waals surface area contributed by atoms with Crippen molar-refractivity contribution in [1.82, 2.24) is 4.90 Å². The minimum Gasteiger partial charge on any atom is -0.342 e. The molecule has 2 nitrogen and oxygen atoms in total. The first-order valence-corrected chi connectivity index (χ1v) is 6.27. The lowest BCUT2D eigenvalue weighted by molar-refractivity contribution is -0.125. The first-order valence-electron chi connectivity index (χ1n) is 6.27. The average molecular weight is 221 g/mol. The van der Waals surface area contributed by atoms with Crippen LogP contribution in [0.15, 0.2) is 23.8 Å². The molecule has 0 aromatic heterocycles. The van der Waals surface area contributed by atoms with Gasteiger partial charge in [-0.25, -0.2) is 0 Å². The normalized spacial score (nSPS) is 16.8. The van der Waals surface area contributed by atoms with E-state index in [1.54, 1.807) is 0 Å². The third-order valence-electron chi connectivity index (χ3n) is 3.24. The number of carbonyl (C=O) groups is 1. The molecule has 1 amide bonds.